The smallest absolute Gasteiger partial charge is 0.404 e. The Kier molecular flexibility index (Phi) is 5.42. The molecule has 2 unspecified atom stereocenters. The second-order valence-corrected chi connectivity index (χ2v) is 4.43. The van der Waals surface area contributed by atoms with E-state index in [2.05, 4.69) is 15.5 Å². The number of carbonyl (C=O) groups excluding carboxylic acids is 1. The van der Waals surface area contributed by atoms with Crippen LogP contribution in [0.2, 0.25) is 0 Å². The van der Waals surface area contributed by atoms with Crippen LogP contribution in [0.5, 0.6) is 0 Å². The monoisotopic (exact) mass is 289 g/mol. The van der Waals surface area contributed by atoms with Gasteiger partial charge in [0.15, 0.2) is 0 Å². The molecule has 0 saturated carbocycles. The second-order valence-electron chi connectivity index (χ2n) is 4.43. The number of hydrogen-bond acceptors (Lipinski definition) is 4. The molecule has 1 aliphatic heterocycles. The molecule has 0 aromatic heterocycles. The summed E-state index contributed by atoms with van der Waals surface area (Å²) in [7, 11) is 1.22. The van der Waals surface area contributed by atoms with Gasteiger partial charge in [-0.1, -0.05) is 6.92 Å². The van der Waals surface area contributed by atoms with Crippen molar-refractivity contribution in [3.63, 3.8) is 0 Å². The summed E-state index contributed by atoms with van der Waals surface area (Å²) in [5.41, 5.74) is 10.6. The number of hydrogen-bond donors (Lipinski definition) is 2. The number of methoxy groups -OCH3 is 1. The number of carbonyl (C=O) groups is 1. The highest BCUT2D eigenvalue weighted by molar-refractivity contribution is 5.84. The first-order valence-electron chi connectivity index (χ1n) is 5.96. The average Bonchev–Trinajstić information content (AvgIpc) is 2.69. The van der Waals surface area contributed by atoms with E-state index in [0.29, 0.717) is 17.8 Å². The maximum Gasteiger partial charge on any atom is 0.404 e. The van der Waals surface area contributed by atoms with Gasteiger partial charge in [0.2, 0.25) is 0 Å². The number of rotatable bonds is 1. The van der Waals surface area contributed by atoms with Gasteiger partial charge in [0, 0.05) is 14.8 Å². The van der Waals surface area contributed by atoms with Crippen LogP contribution in [-0.2, 0) is 4.74 Å². The van der Waals surface area contributed by atoms with Crippen molar-refractivity contribution in [2.75, 3.05) is 7.11 Å². The molecule has 1 aliphatic rings. The number of amidine groups is 1. The molecule has 114 valence electrons. The van der Waals surface area contributed by atoms with E-state index in [1.165, 1.54) is 19.2 Å². The zero-order valence-electron chi connectivity index (χ0n) is 11.3. The first-order chi connectivity index (χ1) is 9.33. The van der Waals surface area contributed by atoms with E-state index in [-0.39, 0.29) is 14.8 Å². The number of ether oxygens (including phenoxy) is 1. The minimum absolute atomic E-state index is 0. The van der Waals surface area contributed by atoms with E-state index in [9.17, 15) is 13.6 Å². The standard InChI is InChI=1S/C11H12F2N2.C2H5NO2.2H2/c1-6-2-10(15-11(6)14)7-3-8(12)5-9(13)4-7;1-5-2(3)4;;/h3-6,10H,2H2,1H3,(H2,14,15);1H3,(H2,3,4);2*1H. The lowest BCUT2D eigenvalue weighted by Crippen LogP contribution is -2.15. The molecule has 2 rings (SSSR count). The van der Waals surface area contributed by atoms with E-state index >= 15 is 0 Å². The van der Waals surface area contributed by atoms with Crippen molar-refractivity contribution in [3.05, 3.63) is 35.4 Å². The lowest BCUT2D eigenvalue weighted by atomic mass is 9.99. The Morgan fingerprint density at radius 3 is 2.25 bits per heavy atom. The summed E-state index contributed by atoms with van der Waals surface area (Å²) < 4.78 is 29.8. The molecule has 5 nitrogen and oxygen atoms in total. The quantitative estimate of drug-likeness (QED) is 0.832. The normalized spacial score (nSPS) is 20.7. The van der Waals surface area contributed by atoms with Gasteiger partial charge in [0.05, 0.1) is 19.0 Å². The van der Waals surface area contributed by atoms with Crippen LogP contribution < -0.4 is 11.5 Å². The summed E-state index contributed by atoms with van der Waals surface area (Å²) in [6.45, 7) is 1.95. The van der Waals surface area contributed by atoms with Crippen LogP contribution in [0.4, 0.5) is 13.6 Å². The Morgan fingerprint density at radius 2 is 1.90 bits per heavy atom. The molecule has 0 spiro atoms. The third-order valence-electron chi connectivity index (χ3n) is 2.86. The molecule has 1 aromatic carbocycles. The van der Waals surface area contributed by atoms with Gasteiger partial charge in [-0.05, 0) is 24.1 Å². The molecule has 1 aromatic rings. The molecular formula is C13H21F2N3O2. The zero-order valence-corrected chi connectivity index (χ0v) is 11.3. The summed E-state index contributed by atoms with van der Waals surface area (Å²) in [5, 5.41) is 0. The summed E-state index contributed by atoms with van der Waals surface area (Å²) in [6, 6.07) is 3.27. The van der Waals surface area contributed by atoms with Gasteiger partial charge >= 0.3 is 6.09 Å². The van der Waals surface area contributed by atoms with Gasteiger partial charge in [-0.15, -0.1) is 0 Å². The fraction of sp³-hybridized carbons (Fsp3) is 0.385. The van der Waals surface area contributed by atoms with Gasteiger partial charge < -0.3 is 16.2 Å². The molecular weight excluding hydrogens is 268 g/mol. The van der Waals surface area contributed by atoms with Crippen LogP contribution in [0.1, 0.15) is 27.8 Å². The van der Waals surface area contributed by atoms with Crippen molar-refractivity contribution >= 4 is 11.9 Å². The number of nitrogens with zero attached hydrogens (tertiary/aromatic N) is 1. The number of halogens is 2. The molecule has 4 N–H and O–H groups in total. The zero-order chi connectivity index (χ0) is 15.3. The molecule has 1 amide bonds. The van der Waals surface area contributed by atoms with Crippen LogP contribution >= 0.6 is 0 Å². The maximum atomic E-state index is 13.0. The molecule has 0 saturated heterocycles. The number of nitrogens with two attached hydrogens (primary N) is 2. The predicted molar refractivity (Wildman–Crippen MR) is 75.3 cm³/mol. The predicted octanol–water partition coefficient (Wildman–Crippen LogP) is 2.61. The molecule has 20 heavy (non-hydrogen) atoms. The van der Waals surface area contributed by atoms with E-state index < -0.39 is 17.7 Å². The SMILES string of the molecule is CC1CC(c2cc(F)cc(F)c2)N=C1N.COC(N)=O.[HH].[HH]. The molecule has 0 aliphatic carbocycles. The summed E-state index contributed by atoms with van der Waals surface area (Å²) in [5.74, 6) is -0.400. The van der Waals surface area contributed by atoms with Crippen LogP contribution in [-0.4, -0.2) is 19.0 Å². The van der Waals surface area contributed by atoms with Gasteiger partial charge in [-0.3, -0.25) is 4.99 Å². The second kappa shape index (κ2) is 6.83. The minimum atomic E-state index is -0.745. The molecule has 7 heteroatoms. The van der Waals surface area contributed by atoms with Crippen LogP contribution in [0.25, 0.3) is 0 Å². The number of benzene rings is 1. The van der Waals surface area contributed by atoms with Gasteiger partial charge in [-0.25, -0.2) is 13.6 Å². The van der Waals surface area contributed by atoms with Crippen molar-refractivity contribution in [3.8, 4) is 0 Å². The topological polar surface area (TPSA) is 90.7 Å². The van der Waals surface area contributed by atoms with Crippen molar-refractivity contribution < 1.29 is 21.2 Å². The Bertz CT molecular complexity index is 510. The number of amides is 1. The highest BCUT2D eigenvalue weighted by Crippen LogP contribution is 2.31. The van der Waals surface area contributed by atoms with Gasteiger partial charge in [0.25, 0.3) is 0 Å². The van der Waals surface area contributed by atoms with E-state index in [0.717, 1.165) is 6.07 Å². The summed E-state index contributed by atoms with van der Waals surface area (Å²) in [6.07, 6.45) is -0.0284. The third kappa shape index (κ3) is 4.49. The van der Waals surface area contributed by atoms with Gasteiger partial charge in [-0.2, -0.15) is 0 Å². The van der Waals surface area contributed by atoms with E-state index in [4.69, 9.17) is 5.73 Å². The third-order valence-corrected chi connectivity index (χ3v) is 2.86. The van der Waals surface area contributed by atoms with Crippen molar-refractivity contribution in [2.24, 2.45) is 22.4 Å². The highest BCUT2D eigenvalue weighted by atomic mass is 19.1. The number of aliphatic imine (C=N–C) groups is 1. The Labute approximate surface area is 118 Å². The minimum Gasteiger partial charge on any atom is -0.453 e. The maximum absolute atomic E-state index is 13.0. The van der Waals surface area contributed by atoms with E-state index in [1.54, 1.807) is 0 Å². The lowest BCUT2D eigenvalue weighted by molar-refractivity contribution is 0.182. The summed E-state index contributed by atoms with van der Waals surface area (Å²) >= 11 is 0. The fourth-order valence-electron chi connectivity index (χ4n) is 1.79. The fourth-order valence-corrected chi connectivity index (χ4v) is 1.79. The molecule has 0 fully saturated rings. The Balaban J connectivity index is 0. The molecule has 0 radical (unpaired) electrons. The first-order valence-corrected chi connectivity index (χ1v) is 5.96. The van der Waals surface area contributed by atoms with Crippen molar-refractivity contribution in [2.45, 2.75) is 19.4 Å². The lowest BCUT2D eigenvalue weighted by Gasteiger charge is -2.08. The van der Waals surface area contributed by atoms with Crippen LogP contribution in [0.15, 0.2) is 23.2 Å². The van der Waals surface area contributed by atoms with Crippen molar-refractivity contribution in [1.82, 2.24) is 0 Å². The van der Waals surface area contributed by atoms with E-state index in [1.807, 2.05) is 6.92 Å². The summed E-state index contributed by atoms with van der Waals surface area (Å²) in [4.78, 5) is 13.6. The van der Waals surface area contributed by atoms with Crippen LogP contribution in [0, 0.1) is 17.6 Å². The largest absolute Gasteiger partial charge is 0.453 e. The first kappa shape index (κ1) is 15.9. The molecule has 2 atom stereocenters. The Morgan fingerprint density at radius 1 is 1.40 bits per heavy atom. The van der Waals surface area contributed by atoms with Gasteiger partial charge in [0.1, 0.15) is 11.6 Å². The average molecular weight is 289 g/mol. The highest BCUT2D eigenvalue weighted by Gasteiger charge is 2.24. The molecule has 0 bridgehead atoms. The molecule has 1 heterocycles. The Hall–Kier alpha value is -2.18. The van der Waals surface area contributed by atoms with Crippen molar-refractivity contribution in [1.29, 1.82) is 0 Å². The number of primary amides is 1. The van der Waals surface area contributed by atoms with Crippen LogP contribution in [0.3, 0.4) is 0 Å².